The highest BCUT2D eigenvalue weighted by Crippen LogP contribution is 2.27. The summed E-state index contributed by atoms with van der Waals surface area (Å²) in [6, 6.07) is 9.12. The highest BCUT2D eigenvalue weighted by Gasteiger charge is 2.16. The summed E-state index contributed by atoms with van der Waals surface area (Å²) in [6.07, 6.45) is 4.48. The van der Waals surface area contributed by atoms with Gasteiger partial charge < -0.3 is 14.8 Å². The number of carboxylic acids is 1. The van der Waals surface area contributed by atoms with Crippen LogP contribution in [0.2, 0.25) is 0 Å². The predicted octanol–water partition coefficient (Wildman–Crippen LogP) is 2.08. The number of aromatic carboxylic acids is 1. The molecule has 0 aliphatic heterocycles. The predicted molar refractivity (Wildman–Crippen MR) is 86.8 cm³/mol. The summed E-state index contributed by atoms with van der Waals surface area (Å²) in [6.45, 7) is -0.146. The van der Waals surface area contributed by atoms with Crippen molar-refractivity contribution >= 4 is 5.97 Å². The number of fused-ring (bicyclic) bond motifs is 1. The molecule has 2 N–H and O–H groups in total. The molecule has 5 heteroatoms. The van der Waals surface area contributed by atoms with E-state index in [2.05, 4.69) is 12.1 Å². The average Bonchev–Trinajstić information content (AvgIpc) is 2.56. The van der Waals surface area contributed by atoms with E-state index >= 15 is 0 Å². The maximum atomic E-state index is 12.4. The van der Waals surface area contributed by atoms with Crippen LogP contribution in [0.1, 0.15) is 34.3 Å². The quantitative estimate of drug-likeness (QED) is 0.906. The Hall–Kier alpha value is -2.40. The molecule has 0 saturated heterocycles. The molecule has 0 unspecified atom stereocenters. The molecule has 1 aliphatic carbocycles. The van der Waals surface area contributed by atoms with Gasteiger partial charge in [0, 0.05) is 6.54 Å². The molecule has 1 heterocycles. The van der Waals surface area contributed by atoms with E-state index < -0.39 is 11.5 Å². The third-order valence-electron chi connectivity index (χ3n) is 4.37. The maximum Gasteiger partial charge on any atom is 0.341 e. The standard InChI is InChI=1S/C18H19NO4/c20-10-9-19-16(8-7-15(17(19)21)18(22)23)14-6-5-12-3-1-2-4-13(12)11-14/h5-8,11,20H,1-4,9-10H2,(H,22,23). The Balaban J connectivity index is 2.14. The van der Waals surface area contributed by atoms with Crippen LogP contribution in [0.3, 0.4) is 0 Å². The van der Waals surface area contributed by atoms with Crippen molar-refractivity contribution in [2.24, 2.45) is 0 Å². The fourth-order valence-corrected chi connectivity index (χ4v) is 3.21. The largest absolute Gasteiger partial charge is 0.477 e. The summed E-state index contributed by atoms with van der Waals surface area (Å²) < 4.78 is 1.34. The Labute approximate surface area is 133 Å². The normalized spacial score (nSPS) is 13.6. The summed E-state index contributed by atoms with van der Waals surface area (Å²) >= 11 is 0. The second-order valence-electron chi connectivity index (χ2n) is 5.81. The zero-order valence-electron chi connectivity index (χ0n) is 12.8. The lowest BCUT2D eigenvalue weighted by Gasteiger charge is -2.18. The third-order valence-corrected chi connectivity index (χ3v) is 4.37. The third kappa shape index (κ3) is 2.92. The first-order chi connectivity index (χ1) is 11.1. The van der Waals surface area contributed by atoms with Gasteiger partial charge in [-0.05, 0) is 60.6 Å². The van der Waals surface area contributed by atoms with E-state index in [1.165, 1.54) is 28.2 Å². The van der Waals surface area contributed by atoms with Gasteiger partial charge in [0.25, 0.3) is 5.56 Å². The van der Waals surface area contributed by atoms with Gasteiger partial charge in [-0.2, -0.15) is 0 Å². The van der Waals surface area contributed by atoms with E-state index in [0.717, 1.165) is 24.8 Å². The topological polar surface area (TPSA) is 79.5 Å². The van der Waals surface area contributed by atoms with E-state index in [1.807, 2.05) is 6.07 Å². The lowest BCUT2D eigenvalue weighted by atomic mass is 9.90. The second kappa shape index (κ2) is 6.38. The van der Waals surface area contributed by atoms with Crippen LogP contribution in [0.25, 0.3) is 11.3 Å². The number of nitrogens with zero attached hydrogens (tertiary/aromatic N) is 1. The van der Waals surface area contributed by atoms with Crippen molar-refractivity contribution < 1.29 is 15.0 Å². The molecule has 120 valence electrons. The zero-order valence-corrected chi connectivity index (χ0v) is 12.8. The molecule has 3 rings (SSSR count). The van der Waals surface area contributed by atoms with Crippen molar-refractivity contribution in [1.82, 2.24) is 4.57 Å². The smallest absolute Gasteiger partial charge is 0.341 e. The Morgan fingerprint density at radius 1 is 1.09 bits per heavy atom. The molecule has 1 aromatic heterocycles. The lowest BCUT2D eigenvalue weighted by Crippen LogP contribution is -2.28. The summed E-state index contributed by atoms with van der Waals surface area (Å²) in [5.74, 6) is -1.25. The van der Waals surface area contributed by atoms with Gasteiger partial charge in [0.2, 0.25) is 0 Å². The minimum absolute atomic E-state index is 0.0758. The van der Waals surface area contributed by atoms with E-state index in [0.29, 0.717) is 5.69 Å². The number of carbonyl (C=O) groups is 1. The Bertz CT molecular complexity index is 807. The molecule has 5 nitrogen and oxygen atoms in total. The number of aryl methyl sites for hydroxylation is 2. The highest BCUT2D eigenvalue weighted by molar-refractivity contribution is 5.87. The zero-order chi connectivity index (χ0) is 16.4. The molecule has 2 aromatic rings. The van der Waals surface area contributed by atoms with Crippen LogP contribution in [-0.4, -0.2) is 27.4 Å². The summed E-state index contributed by atoms with van der Waals surface area (Å²) in [7, 11) is 0. The molecule has 0 spiro atoms. The number of pyridine rings is 1. The number of hydrogen-bond donors (Lipinski definition) is 2. The number of rotatable bonds is 4. The minimum Gasteiger partial charge on any atom is -0.477 e. The first kappa shape index (κ1) is 15.5. The Morgan fingerprint density at radius 3 is 2.52 bits per heavy atom. The molecule has 0 radical (unpaired) electrons. The van der Waals surface area contributed by atoms with Crippen molar-refractivity contribution in [3.63, 3.8) is 0 Å². The van der Waals surface area contributed by atoms with Crippen LogP contribution in [0, 0.1) is 0 Å². The van der Waals surface area contributed by atoms with E-state index in [-0.39, 0.29) is 18.7 Å². The molecule has 0 atom stereocenters. The average molecular weight is 313 g/mol. The van der Waals surface area contributed by atoms with Gasteiger partial charge in [0.15, 0.2) is 0 Å². The molecule has 0 amide bonds. The molecule has 23 heavy (non-hydrogen) atoms. The molecule has 0 fully saturated rings. The fourth-order valence-electron chi connectivity index (χ4n) is 3.21. The number of benzene rings is 1. The highest BCUT2D eigenvalue weighted by atomic mass is 16.4. The van der Waals surface area contributed by atoms with Crippen molar-refractivity contribution in [3.8, 4) is 11.3 Å². The number of aliphatic hydroxyl groups is 1. The van der Waals surface area contributed by atoms with Gasteiger partial charge >= 0.3 is 5.97 Å². The number of hydrogen-bond acceptors (Lipinski definition) is 3. The first-order valence-electron chi connectivity index (χ1n) is 7.82. The van der Waals surface area contributed by atoms with Gasteiger partial charge in [-0.15, -0.1) is 0 Å². The van der Waals surface area contributed by atoms with Gasteiger partial charge in [-0.1, -0.05) is 12.1 Å². The van der Waals surface area contributed by atoms with Crippen molar-refractivity contribution in [2.45, 2.75) is 32.2 Å². The maximum absolute atomic E-state index is 12.4. The molecule has 0 bridgehead atoms. The number of aromatic nitrogens is 1. The van der Waals surface area contributed by atoms with Crippen molar-refractivity contribution in [3.05, 3.63) is 57.4 Å². The van der Waals surface area contributed by atoms with Crippen LogP contribution in [0.15, 0.2) is 35.1 Å². The first-order valence-corrected chi connectivity index (χ1v) is 7.82. The lowest BCUT2D eigenvalue weighted by molar-refractivity contribution is 0.0694. The van der Waals surface area contributed by atoms with Crippen molar-refractivity contribution in [1.29, 1.82) is 0 Å². The van der Waals surface area contributed by atoms with E-state index in [9.17, 15) is 14.7 Å². The SMILES string of the molecule is O=C(O)c1ccc(-c2ccc3c(c2)CCCC3)n(CCO)c1=O. The van der Waals surface area contributed by atoms with Crippen molar-refractivity contribution in [2.75, 3.05) is 6.61 Å². The van der Waals surface area contributed by atoms with E-state index in [4.69, 9.17) is 5.11 Å². The Kier molecular flexibility index (Phi) is 4.30. The molecular weight excluding hydrogens is 294 g/mol. The second-order valence-corrected chi connectivity index (χ2v) is 5.81. The van der Waals surface area contributed by atoms with Crippen LogP contribution in [0.4, 0.5) is 0 Å². The minimum atomic E-state index is -1.25. The molecule has 1 aliphatic rings. The molecule has 0 saturated carbocycles. The van der Waals surface area contributed by atoms with Gasteiger partial charge in [-0.3, -0.25) is 4.79 Å². The monoisotopic (exact) mass is 313 g/mol. The summed E-state index contributed by atoms with van der Waals surface area (Å²) in [4.78, 5) is 23.5. The molecule has 1 aromatic carbocycles. The summed E-state index contributed by atoms with van der Waals surface area (Å²) in [5.41, 5.74) is 3.30. The Morgan fingerprint density at radius 2 is 1.83 bits per heavy atom. The van der Waals surface area contributed by atoms with Crippen LogP contribution in [-0.2, 0) is 19.4 Å². The van der Waals surface area contributed by atoms with E-state index in [1.54, 1.807) is 6.07 Å². The molecular formula is C18H19NO4. The summed E-state index contributed by atoms with van der Waals surface area (Å²) in [5, 5.41) is 18.3. The van der Waals surface area contributed by atoms with Crippen LogP contribution < -0.4 is 5.56 Å². The van der Waals surface area contributed by atoms with Gasteiger partial charge in [-0.25, -0.2) is 4.79 Å². The number of carboxylic acid groups (broad SMARTS) is 1. The van der Waals surface area contributed by atoms with Crippen LogP contribution >= 0.6 is 0 Å². The van der Waals surface area contributed by atoms with Gasteiger partial charge in [0.1, 0.15) is 5.56 Å². The fraction of sp³-hybridized carbons (Fsp3) is 0.333. The van der Waals surface area contributed by atoms with Gasteiger partial charge in [0.05, 0.1) is 12.3 Å². The van der Waals surface area contributed by atoms with Crippen LogP contribution in [0.5, 0.6) is 0 Å². The number of aliphatic hydroxyl groups excluding tert-OH is 1.